The van der Waals surface area contributed by atoms with E-state index in [0.29, 0.717) is 31.5 Å². The van der Waals surface area contributed by atoms with Gasteiger partial charge in [0.15, 0.2) is 0 Å². The van der Waals surface area contributed by atoms with Gasteiger partial charge in [-0.1, -0.05) is 54.6 Å². The molecule has 1 aliphatic carbocycles. The summed E-state index contributed by atoms with van der Waals surface area (Å²) in [7, 11) is 0. The van der Waals surface area contributed by atoms with E-state index in [0.717, 1.165) is 29.7 Å². The monoisotopic (exact) mass is 480 g/mol. The van der Waals surface area contributed by atoms with Crippen molar-refractivity contribution < 1.29 is 22.8 Å². The summed E-state index contributed by atoms with van der Waals surface area (Å²) in [6.07, 6.45) is -1.79. The number of halogens is 3. The Morgan fingerprint density at radius 3 is 2.23 bits per heavy atom. The Bertz CT molecular complexity index is 1240. The van der Waals surface area contributed by atoms with Crippen LogP contribution in [0.5, 0.6) is 0 Å². The molecule has 1 heterocycles. The third-order valence-corrected chi connectivity index (χ3v) is 7.09. The summed E-state index contributed by atoms with van der Waals surface area (Å²) in [4.78, 5) is 30.1. The maximum absolute atomic E-state index is 13.5. The first kappa shape index (κ1) is 23.4. The van der Waals surface area contributed by atoms with Gasteiger partial charge >= 0.3 is 6.18 Å². The Morgan fingerprint density at radius 1 is 0.857 bits per heavy atom. The van der Waals surface area contributed by atoms with E-state index >= 15 is 0 Å². The molecule has 0 atom stereocenters. The molecule has 3 aromatic carbocycles. The molecule has 5 rings (SSSR count). The second kappa shape index (κ2) is 9.36. The lowest BCUT2D eigenvalue weighted by atomic mass is 9.93. The molecule has 1 saturated heterocycles. The molecule has 1 saturated carbocycles. The summed E-state index contributed by atoms with van der Waals surface area (Å²) in [6.45, 7) is 0.876. The minimum atomic E-state index is -4.46. The molecule has 0 unspecified atom stereocenters. The fourth-order valence-electron chi connectivity index (χ4n) is 5.04. The third kappa shape index (κ3) is 4.90. The molecule has 1 aliphatic heterocycles. The van der Waals surface area contributed by atoms with Gasteiger partial charge in [-0.2, -0.15) is 13.2 Å². The Hall–Kier alpha value is -3.35. The minimum absolute atomic E-state index is 0.000801. The van der Waals surface area contributed by atoms with E-state index in [1.165, 1.54) is 12.1 Å². The Balaban J connectivity index is 1.27. The molecule has 2 amide bonds. The average molecular weight is 481 g/mol. The molecule has 0 spiro atoms. The lowest BCUT2D eigenvalue weighted by Gasteiger charge is -2.35. The van der Waals surface area contributed by atoms with E-state index < -0.39 is 11.7 Å². The van der Waals surface area contributed by atoms with Gasteiger partial charge in [0.1, 0.15) is 0 Å². The molecular formula is C28H27F3N2O2. The summed E-state index contributed by atoms with van der Waals surface area (Å²) in [6, 6.07) is 18.9. The van der Waals surface area contributed by atoms with Crippen LogP contribution in [-0.4, -0.2) is 40.7 Å². The van der Waals surface area contributed by atoms with E-state index in [4.69, 9.17) is 0 Å². The number of alkyl halides is 3. The predicted octanol–water partition coefficient (Wildman–Crippen LogP) is 5.90. The molecule has 7 heteroatoms. The number of carbonyl (C=O) groups excluding carboxylic acids is 2. The first-order chi connectivity index (χ1) is 16.8. The first-order valence-electron chi connectivity index (χ1n) is 12.1. The molecule has 2 aliphatic rings. The number of fused-ring (bicyclic) bond motifs is 1. The van der Waals surface area contributed by atoms with Gasteiger partial charge in [0.05, 0.1) is 5.56 Å². The minimum Gasteiger partial charge on any atom is -0.339 e. The second-order valence-corrected chi connectivity index (χ2v) is 9.45. The third-order valence-electron chi connectivity index (χ3n) is 7.09. The Morgan fingerprint density at radius 2 is 1.51 bits per heavy atom. The summed E-state index contributed by atoms with van der Waals surface area (Å²) in [5.74, 6) is -0.433. The number of nitrogens with zero attached hydrogens (tertiary/aromatic N) is 2. The number of benzene rings is 3. The van der Waals surface area contributed by atoms with Crippen molar-refractivity contribution in [1.29, 1.82) is 0 Å². The fraction of sp³-hybridized carbons (Fsp3) is 0.357. The van der Waals surface area contributed by atoms with Crippen LogP contribution in [0, 0.1) is 5.92 Å². The van der Waals surface area contributed by atoms with Gasteiger partial charge in [-0.3, -0.25) is 9.59 Å². The van der Waals surface area contributed by atoms with Crippen molar-refractivity contribution in [3.63, 3.8) is 0 Å². The molecule has 0 N–H and O–H groups in total. The van der Waals surface area contributed by atoms with Gasteiger partial charge in [0.25, 0.3) is 5.91 Å². The lowest BCUT2D eigenvalue weighted by molar-refractivity contribution is -0.142. The smallest absolute Gasteiger partial charge is 0.339 e. The normalized spacial score (nSPS) is 16.9. The first-order valence-corrected chi connectivity index (χ1v) is 12.1. The van der Waals surface area contributed by atoms with Crippen LogP contribution < -0.4 is 0 Å². The van der Waals surface area contributed by atoms with E-state index in [1.54, 1.807) is 15.9 Å². The van der Waals surface area contributed by atoms with Crippen LogP contribution in [0.25, 0.3) is 10.8 Å². The second-order valence-electron chi connectivity index (χ2n) is 9.45. The van der Waals surface area contributed by atoms with Crippen LogP contribution in [0.15, 0.2) is 66.7 Å². The van der Waals surface area contributed by atoms with Crippen LogP contribution in [-0.2, 0) is 17.5 Å². The molecule has 3 aromatic rings. The topological polar surface area (TPSA) is 40.6 Å². The molecule has 2 fully saturated rings. The summed E-state index contributed by atoms with van der Waals surface area (Å²) < 4.78 is 40.5. The van der Waals surface area contributed by atoms with Crippen molar-refractivity contribution >= 4 is 22.6 Å². The van der Waals surface area contributed by atoms with E-state index in [-0.39, 0.29) is 35.9 Å². The zero-order valence-corrected chi connectivity index (χ0v) is 19.3. The predicted molar refractivity (Wildman–Crippen MR) is 128 cm³/mol. The van der Waals surface area contributed by atoms with Gasteiger partial charge in [-0.15, -0.1) is 0 Å². The maximum atomic E-state index is 13.5. The summed E-state index contributed by atoms with van der Waals surface area (Å²) in [5.41, 5.74) is 0.0917. The van der Waals surface area contributed by atoms with Crippen LogP contribution in [0.4, 0.5) is 13.2 Å². The molecule has 0 aromatic heterocycles. The highest BCUT2D eigenvalue weighted by Gasteiger charge is 2.39. The number of likely N-dealkylation sites (tertiary alicyclic amines) is 1. The molecule has 0 radical (unpaired) electrons. The number of carbonyl (C=O) groups is 2. The molecule has 182 valence electrons. The highest BCUT2D eigenvalue weighted by Crippen LogP contribution is 2.36. The summed E-state index contributed by atoms with van der Waals surface area (Å²) >= 11 is 0. The van der Waals surface area contributed by atoms with E-state index in [9.17, 15) is 22.8 Å². The Labute approximate surface area is 202 Å². The largest absolute Gasteiger partial charge is 0.416 e. The molecule has 35 heavy (non-hydrogen) atoms. The van der Waals surface area contributed by atoms with E-state index in [2.05, 4.69) is 0 Å². The van der Waals surface area contributed by atoms with Crippen molar-refractivity contribution in [2.24, 2.45) is 5.92 Å². The van der Waals surface area contributed by atoms with Crippen molar-refractivity contribution in [1.82, 2.24) is 9.80 Å². The fourth-order valence-corrected chi connectivity index (χ4v) is 5.04. The number of piperidine rings is 1. The molecule has 4 nitrogen and oxygen atoms in total. The van der Waals surface area contributed by atoms with Gasteiger partial charge in [-0.05, 0) is 54.2 Å². The lowest BCUT2D eigenvalue weighted by Crippen LogP contribution is -2.45. The zero-order chi connectivity index (χ0) is 24.6. The highest BCUT2D eigenvalue weighted by molar-refractivity contribution is 6.07. The van der Waals surface area contributed by atoms with Crippen LogP contribution >= 0.6 is 0 Å². The van der Waals surface area contributed by atoms with Crippen LogP contribution in [0.3, 0.4) is 0 Å². The SMILES string of the molecule is O=C(c1cccc2ccccc12)N1CCC(C(=O)N(Cc2ccccc2C(F)(F)F)C2CC2)CC1. The van der Waals surface area contributed by atoms with Gasteiger partial charge in [0, 0.05) is 37.2 Å². The van der Waals surface area contributed by atoms with E-state index in [1.807, 2.05) is 42.5 Å². The zero-order valence-electron chi connectivity index (χ0n) is 19.3. The van der Waals surface area contributed by atoms with Crippen molar-refractivity contribution in [3.8, 4) is 0 Å². The van der Waals surface area contributed by atoms with Crippen molar-refractivity contribution in [2.45, 2.75) is 44.4 Å². The molecule has 0 bridgehead atoms. The van der Waals surface area contributed by atoms with Gasteiger partial charge in [0.2, 0.25) is 5.91 Å². The molecular weight excluding hydrogens is 453 g/mol. The van der Waals surface area contributed by atoms with Crippen LogP contribution in [0.2, 0.25) is 0 Å². The quantitative estimate of drug-likeness (QED) is 0.456. The standard InChI is InChI=1S/C28H27F3N2O2/c29-28(30,31)25-11-4-2-7-21(25)18-33(22-12-13-22)26(34)20-14-16-32(17-15-20)27(35)24-10-5-8-19-6-1-3-9-23(19)24/h1-11,20,22H,12-18H2. The van der Waals surface area contributed by atoms with Gasteiger partial charge in [-0.25, -0.2) is 0 Å². The summed E-state index contributed by atoms with van der Waals surface area (Å²) in [5, 5.41) is 1.91. The number of rotatable bonds is 5. The van der Waals surface area contributed by atoms with Crippen molar-refractivity contribution in [2.75, 3.05) is 13.1 Å². The highest BCUT2D eigenvalue weighted by atomic mass is 19.4. The number of amides is 2. The number of hydrogen-bond acceptors (Lipinski definition) is 2. The average Bonchev–Trinajstić information content (AvgIpc) is 3.71. The maximum Gasteiger partial charge on any atom is 0.416 e. The Kier molecular flexibility index (Phi) is 6.26. The van der Waals surface area contributed by atoms with Gasteiger partial charge < -0.3 is 9.80 Å². The number of hydrogen-bond donors (Lipinski definition) is 0. The van der Waals surface area contributed by atoms with Crippen LogP contribution in [0.1, 0.15) is 47.2 Å². The van der Waals surface area contributed by atoms with Crippen molar-refractivity contribution in [3.05, 3.63) is 83.4 Å².